The summed E-state index contributed by atoms with van der Waals surface area (Å²) in [4.78, 5) is 15.8. The summed E-state index contributed by atoms with van der Waals surface area (Å²) in [7, 11) is 0. The van der Waals surface area contributed by atoms with E-state index >= 15 is 0 Å². The van der Waals surface area contributed by atoms with Crippen molar-refractivity contribution >= 4 is 11.7 Å². The van der Waals surface area contributed by atoms with Crippen molar-refractivity contribution < 1.29 is 4.79 Å². The number of anilines is 1. The molecule has 1 aromatic heterocycles. The van der Waals surface area contributed by atoms with E-state index in [2.05, 4.69) is 21.7 Å². The van der Waals surface area contributed by atoms with Gasteiger partial charge in [-0.1, -0.05) is 0 Å². The van der Waals surface area contributed by atoms with Gasteiger partial charge >= 0.3 is 0 Å². The molecule has 0 saturated carbocycles. The molecule has 0 aliphatic heterocycles. The number of rotatable bonds is 4. The molecule has 1 amide bonds. The Labute approximate surface area is 107 Å². The van der Waals surface area contributed by atoms with Gasteiger partial charge in [-0.3, -0.25) is 4.79 Å². The quantitative estimate of drug-likeness (QED) is 0.844. The van der Waals surface area contributed by atoms with Crippen LogP contribution in [0.15, 0.2) is 6.07 Å². The van der Waals surface area contributed by atoms with Gasteiger partial charge in [0.05, 0.1) is 12.1 Å². The lowest BCUT2D eigenvalue weighted by atomic mass is 10.1. The monoisotopic (exact) mass is 246 g/mol. The third-order valence-electron chi connectivity index (χ3n) is 2.32. The number of hydrogen-bond donors (Lipinski definition) is 2. The molecule has 0 saturated heterocycles. The summed E-state index contributed by atoms with van der Waals surface area (Å²) in [5.41, 5.74) is 2.16. The number of carbonyl (C=O) groups excluding carboxylic acids is 1. The van der Waals surface area contributed by atoms with Crippen molar-refractivity contribution in [1.82, 2.24) is 10.3 Å². The molecule has 96 valence electrons. The molecule has 2 N–H and O–H groups in total. The molecule has 0 radical (unpaired) electrons. The van der Waals surface area contributed by atoms with Crippen LogP contribution in [0.2, 0.25) is 0 Å². The third kappa shape index (κ3) is 3.74. The van der Waals surface area contributed by atoms with Crippen LogP contribution < -0.4 is 10.6 Å². The van der Waals surface area contributed by atoms with E-state index in [9.17, 15) is 4.79 Å². The fourth-order valence-electron chi connectivity index (χ4n) is 1.64. The molecule has 0 unspecified atom stereocenters. The van der Waals surface area contributed by atoms with Crippen molar-refractivity contribution in [2.75, 3.05) is 11.9 Å². The van der Waals surface area contributed by atoms with Gasteiger partial charge in [-0.25, -0.2) is 4.98 Å². The average molecular weight is 246 g/mol. The first-order chi connectivity index (χ1) is 8.43. The number of hydrogen-bond acceptors (Lipinski definition) is 4. The SMILES string of the molecule is Cc1cc(C)c(C#N)c(NCC(=O)NC(C)C)n1. The maximum absolute atomic E-state index is 11.5. The van der Waals surface area contributed by atoms with Gasteiger partial charge in [0.2, 0.25) is 5.91 Å². The number of aromatic nitrogens is 1. The van der Waals surface area contributed by atoms with E-state index in [4.69, 9.17) is 5.26 Å². The van der Waals surface area contributed by atoms with E-state index in [0.717, 1.165) is 11.3 Å². The van der Waals surface area contributed by atoms with Crippen LogP contribution in [0.5, 0.6) is 0 Å². The zero-order chi connectivity index (χ0) is 13.7. The predicted molar refractivity (Wildman–Crippen MR) is 70.2 cm³/mol. The molecule has 0 fully saturated rings. The van der Waals surface area contributed by atoms with E-state index in [0.29, 0.717) is 11.4 Å². The number of pyridine rings is 1. The molecule has 0 aliphatic rings. The first-order valence-electron chi connectivity index (χ1n) is 5.85. The van der Waals surface area contributed by atoms with Gasteiger partial charge in [0.15, 0.2) is 0 Å². The molecule has 0 aromatic carbocycles. The van der Waals surface area contributed by atoms with Gasteiger partial charge in [-0.2, -0.15) is 5.26 Å². The highest BCUT2D eigenvalue weighted by Crippen LogP contribution is 2.16. The summed E-state index contributed by atoms with van der Waals surface area (Å²) in [6.45, 7) is 7.62. The average Bonchev–Trinajstić information content (AvgIpc) is 2.24. The van der Waals surface area contributed by atoms with Crippen LogP contribution >= 0.6 is 0 Å². The minimum atomic E-state index is -0.116. The summed E-state index contributed by atoms with van der Waals surface area (Å²) >= 11 is 0. The number of carbonyl (C=O) groups is 1. The van der Waals surface area contributed by atoms with E-state index < -0.39 is 0 Å². The summed E-state index contributed by atoms with van der Waals surface area (Å²) in [6.07, 6.45) is 0. The molecule has 0 aliphatic carbocycles. The highest BCUT2D eigenvalue weighted by molar-refractivity contribution is 5.81. The number of aryl methyl sites for hydroxylation is 2. The van der Waals surface area contributed by atoms with Crippen molar-refractivity contribution in [3.8, 4) is 6.07 Å². The lowest BCUT2D eigenvalue weighted by Crippen LogP contribution is -2.35. The lowest BCUT2D eigenvalue weighted by molar-refractivity contribution is -0.119. The van der Waals surface area contributed by atoms with Crippen molar-refractivity contribution in [2.24, 2.45) is 0 Å². The van der Waals surface area contributed by atoms with Crippen LogP contribution in [0.4, 0.5) is 5.82 Å². The van der Waals surface area contributed by atoms with E-state index in [1.54, 1.807) is 0 Å². The largest absolute Gasteiger partial charge is 0.360 e. The zero-order valence-electron chi connectivity index (χ0n) is 11.2. The van der Waals surface area contributed by atoms with Gasteiger partial charge in [0.25, 0.3) is 0 Å². The third-order valence-corrected chi connectivity index (χ3v) is 2.32. The van der Waals surface area contributed by atoms with Crippen molar-refractivity contribution in [2.45, 2.75) is 33.7 Å². The Morgan fingerprint density at radius 2 is 2.17 bits per heavy atom. The molecule has 0 spiro atoms. The second-order valence-corrected chi connectivity index (χ2v) is 4.49. The Morgan fingerprint density at radius 1 is 1.50 bits per heavy atom. The van der Waals surface area contributed by atoms with E-state index in [-0.39, 0.29) is 18.5 Å². The van der Waals surface area contributed by atoms with Gasteiger partial charge in [-0.15, -0.1) is 0 Å². The van der Waals surface area contributed by atoms with Gasteiger partial charge in [-0.05, 0) is 39.3 Å². The second kappa shape index (κ2) is 6.01. The summed E-state index contributed by atoms with van der Waals surface area (Å²) in [5, 5.41) is 14.7. The fourth-order valence-corrected chi connectivity index (χ4v) is 1.64. The number of nitrogens with zero attached hydrogens (tertiary/aromatic N) is 2. The van der Waals surface area contributed by atoms with Crippen molar-refractivity contribution in [3.63, 3.8) is 0 Å². The lowest BCUT2D eigenvalue weighted by Gasteiger charge is -2.12. The number of nitriles is 1. The molecule has 18 heavy (non-hydrogen) atoms. The standard InChI is InChI=1S/C13H18N4O/c1-8(2)16-12(18)7-15-13-11(6-14)9(3)5-10(4)17-13/h5,8H,7H2,1-4H3,(H,15,17)(H,16,18). The first-order valence-corrected chi connectivity index (χ1v) is 5.85. The normalized spacial score (nSPS) is 10.0. The van der Waals surface area contributed by atoms with Crippen LogP contribution in [0.1, 0.15) is 30.7 Å². The van der Waals surface area contributed by atoms with Crippen molar-refractivity contribution in [1.29, 1.82) is 5.26 Å². The van der Waals surface area contributed by atoms with Gasteiger partial charge < -0.3 is 10.6 Å². The smallest absolute Gasteiger partial charge is 0.239 e. The predicted octanol–water partition coefficient (Wildman–Crippen LogP) is 1.51. The first kappa shape index (κ1) is 14.0. The molecule has 0 bridgehead atoms. The Morgan fingerprint density at radius 3 is 2.72 bits per heavy atom. The number of nitrogens with one attached hydrogen (secondary N) is 2. The topological polar surface area (TPSA) is 77.8 Å². The Balaban J connectivity index is 2.79. The molecule has 5 heteroatoms. The highest BCUT2D eigenvalue weighted by atomic mass is 16.1. The maximum atomic E-state index is 11.5. The summed E-state index contributed by atoms with van der Waals surface area (Å²) < 4.78 is 0. The molecule has 1 aromatic rings. The minimum Gasteiger partial charge on any atom is -0.360 e. The molecule has 5 nitrogen and oxygen atoms in total. The van der Waals surface area contributed by atoms with Crippen molar-refractivity contribution in [3.05, 3.63) is 22.9 Å². The fraction of sp³-hybridized carbons (Fsp3) is 0.462. The molecule has 0 atom stereocenters. The van der Waals surface area contributed by atoms with Crippen LogP contribution in [0.25, 0.3) is 0 Å². The van der Waals surface area contributed by atoms with Crippen LogP contribution in [-0.4, -0.2) is 23.5 Å². The second-order valence-electron chi connectivity index (χ2n) is 4.49. The van der Waals surface area contributed by atoms with Crippen LogP contribution in [-0.2, 0) is 4.79 Å². The molecular formula is C13H18N4O. The number of amides is 1. The molecule has 1 heterocycles. The molecule has 1 rings (SSSR count). The summed E-state index contributed by atoms with van der Waals surface area (Å²) in [6, 6.07) is 4.04. The Hall–Kier alpha value is -2.09. The van der Waals surface area contributed by atoms with E-state index in [1.807, 2.05) is 33.8 Å². The Bertz CT molecular complexity index is 488. The maximum Gasteiger partial charge on any atom is 0.239 e. The van der Waals surface area contributed by atoms with E-state index in [1.165, 1.54) is 0 Å². The van der Waals surface area contributed by atoms with Gasteiger partial charge in [0, 0.05) is 11.7 Å². The van der Waals surface area contributed by atoms with Crippen LogP contribution in [0.3, 0.4) is 0 Å². The minimum absolute atomic E-state index is 0.0990. The zero-order valence-corrected chi connectivity index (χ0v) is 11.2. The summed E-state index contributed by atoms with van der Waals surface area (Å²) in [5.74, 6) is 0.351. The van der Waals surface area contributed by atoms with Crippen LogP contribution in [0, 0.1) is 25.2 Å². The van der Waals surface area contributed by atoms with Gasteiger partial charge in [0.1, 0.15) is 11.9 Å². The Kier molecular flexibility index (Phi) is 4.67. The molecular weight excluding hydrogens is 228 g/mol. The highest BCUT2D eigenvalue weighted by Gasteiger charge is 2.10.